The fraction of sp³-hybridized carbons (Fsp3) is 0.385. The Labute approximate surface area is 115 Å². The van der Waals surface area contributed by atoms with Crippen molar-refractivity contribution < 1.29 is 9.45 Å². The van der Waals surface area contributed by atoms with E-state index in [0.717, 1.165) is 31.5 Å². The second-order valence-corrected chi connectivity index (χ2v) is 4.78. The molecule has 1 saturated heterocycles. The first kappa shape index (κ1) is 12.7. The maximum absolute atomic E-state index is 10.6. The molecule has 20 heavy (non-hydrogen) atoms. The maximum Gasteiger partial charge on any atom is 0.269 e. The molecule has 3 rings (SSSR count). The first-order chi connectivity index (χ1) is 9.74. The van der Waals surface area contributed by atoms with Crippen LogP contribution < -0.4 is 5.32 Å². The van der Waals surface area contributed by atoms with Gasteiger partial charge in [-0.1, -0.05) is 5.16 Å². The van der Waals surface area contributed by atoms with Gasteiger partial charge in [-0.25, -0.2) is 0 Å². The summed E-state index contributed by atoms with van der Waals surface area (Å²) in [6.07, 6.45) is 1.98. The molecule has 0 atom stereocenters. The van der Waals surface area contributed by atoms with Crippen LogP contribution in [0.1, 0.15) is 24.7 Å². The smallest absolute Gasteiger partial charge is 0.269 e. The molecule has 1 aromatic carbocycles. The lowest BCUT2D eigenvalue weighted by Gasteiger charge is -2.18. The number of aromatic nitrogens is 2. The molecule has 104 valence electrons. The number of nitrogens with zero attached hydrogens (tertiary/aromatic N) is 3. The molecule has 0 amide bonds. The van der Waals surface area contributed by atoms with E-state index < -0.39 is 4.92 Å². The average molecular weight is 274 g/mol. The Morgan fingerprint density at radius 2 is 1.95 bits per heavy atom. The van der Waals surface area contributed by atoms with Crippen LogP contribution >= 0.6 is 0 Å². The van der Waals surface area contributed by atoms with Gasteiger partial charge in [0.05, 0.1) is 4.92 Å². The Morgan fingerprint density at radius 1 is 1.25 bits per heavy atom. The summed E-state index contributed by atoms with van der Waals surface area (Å²) < 4.78 is 5.31. The number of nitro groups is 1. The van der Waals surface area contributed by atoms with Gasteiger partial charge in [-0.3, -0.25) is 10.1 Å². The van der Waals surface area contributed by atoms with Crippen molar-refractivity contribution >= 4 is 5.69 Å². The Bertz CT molecular complexity index is 602. The molecule has 7 nitrogen and oxygen atoms in total. The Kier molecular flexibility index (Phi) is 3.42. The van der Waals surface area contributed by atoms with E-state index in [0.29, 0.717) is 17.6 Å². The molecule has 7 heteroatoms. The van der Waals surface area contributed by atoms with Gasteiger partial charge in [0.1, 0.15) is 0 Å². The fourth-order valence-corrected chi connectivity index (χ4v) is 2.32. The highest BCUT2D eigenvalue weighted by molar-refractivity contribution is 5.56. The van der Waals surface area contributed by atoms with Crippen molar-refractivity contribution in [3.05, 3.63) is 40.3 Å². The lowest BCUT2D eigenvalue weighted by molar-refractivity contribution is -0.384. The van der Waals surface area contributed by atoms with E-state index >= 15 is 0 Å². The van der Waals surface area contributed by atoms with Gasteiger partial charge in [0.15, 0.2) is 0 Å². The van der Waals surface area contributed by atoms with Gasteiger partial charge in [-0.15, -0.1) is 0 Å². The Hall–Kier alpha value is -2.28. The van der Waals surface area contributed by atoms with E-state index in [1.54, 1.807) is 12.1 Å². The number of hydrogen-bond acceptors (Lipinski definition) is 6. The lowest BCUT2D eigenvalue weighted by Crippen LogP contribution is -2.26. The number of benzene rings is 1. The van der Waals surface area contributed by atoms with Crippen LogP contribution in [0, 0.1) is 10.1 Å². The van der Waals surface area contributed by atoms with Crippen LogP contribution in [0.2, 0.25) is 0 Å². The van der Waals surface area contributed by atoms with Gasteiger partial charge < -0.3 is 9.84 Å². The molecule has 2 heterocycles. The molecule has 2 aromatic rings. The normalized spacial score (nSPS) is 16.2. The van der Waals surface area contributed by atoms with Crippen LogP contribution in [0.3, 0.4) is 0 Å². The van der Waals surface area contributed by atoms with Crippen molar-refractivity contribution in [1.82, 2.24) is 15.5 Å². The molecular formula is C13H14N4O3. The summed E-state index contributed by atoms with van der Waals surface area (Å²) in [5.41, 5.74) is 0.773. The minimum atomic E-state index is -0.430. The Balaban J connectivity index is 1.80. The van der Waals surface area contributed by atoms with E-state index in [-0.39, 0.29) is 5.69 Å². The van der Waals surface area contributed by atoms with Gasteiger partial charge in [0.25, 0.3) is 5.69 Å². The average Bonchev–Trinajstić information content (AvgIpc) is 2.98. The van der Waals surface area contributed by atoms with E-state index in [2.05, 4.69) is 15.5 Å². The molecule has 0 saturated carbocycles. The number of piperidine rings is 1. The quantitative estimate of drug-likeness (QED) is 0.680. The van der Waals surface area contributed by atoms with Crippen LogP contribution in [0.5, 0.6) is 0 Å². The zero-order valence-corrected chi connectivity index (χ0v) is 10.8. The zero-order valence-electron chi connectivity index (χ0n) is 10.8. The fourth-order valence-electron chi connectivity index (χ4n) is 2.32. The first-order valence-electron chi connectivity index (χ1n) is 6.53. The number of non-ortho nitro benzene ring substituents is 1. The van der Waals surface area contributed by atoms with Crippen LogP contribution in [0.25, 0.3) is 11.4 Å². The molecule has 1 aliphatic rings. The van der Waals surface area contributed by atoms with Crippen LogP contribution in [-0.4, -0.2) is 28.2 Å². The number of nitro benzene ring substituents is 1. The summed E-state index contributed by atoms with van der Waals surface area (Å²) in [5, 5.41) is 17.9. The minimum Gasteiger partial charge on any atom is -0.339 e. The van der Waals surface area contributed by atoms with Gasteiger partial charge in [0, 0.05) is 23.6 Å². The van der Waals surface area contributed by atoms with E-state index in [1.807, 2.05) is 0 Å². The summed E-state index contributed by atoms with van der Waals surface area (Å²) in [7, 11) is 0. The lowest BCUT2D eigenvalue weighted by atomic mass is 9.98. The largest absolute Gasteiger partial charge is 0.339 e. The SMILES string of the molecule is O=[N+]([O-])c1ccc(-c2noc(C3CCNCC3)n2)cc1. The number of hydrogen-bond donors (Lipinski definition) is 1. The third-order valence-electron chi connectivity index (χ3n) is 3.47. The minimum absolute atomic E-state index is 0.0517. The van der Waals surface area contributed by atoms with E-state index in [1.165, 1.54) is 12.1 Å². The summed E-state index contributed by atoms with van der Waals surface area (Å²) >= 11 is 0. The summed E-state index contributed by atoms with van der Waals surface area (Å²) in [6, 6.07) is 6.15. The summed E-state index contributed by atoms with van der Waals surface area (Å²) in [5.74, 6) is 1.43. The van der Waals surface area contributed by atoms with Crippen molar-refractivity contribution in [2.24, 2.45) is 0 Å². The second-order valence-electron chi connectivity index (χ2n) is 4.78. The highest BCUT2D eigenvalue weighted by atomic mass is 16.6. The molecule has 1 fully saturated rings. The van der Waals surface area contributed by atoms with Crippen LogP contribution in [0.4, 0.5) is 5.69 Å². The van der Waals surface area contributed by atoms with Crippen molar-refractivity contribution in [2.75, 3.05) is 13.1 Å². The monoisotopic (exact) mass is 274 g/mol. The molecule has 1 N–H and O–H groups in total. The van der Waals surface area contributed by atoms with Crippen molar-refractivity contribution in [3.8, 4) is 11.4 Å². The molecule has 0 aliphatic carbocycles. The molecule has 0 spiro atoms. The molecular weight excluding hydrogens is 260 g/mol. The summed E-state index contributed by atoms with van der Waals surface area (Å²) in [4.78, 5) is 14.6. The maximum atomic E-state index is 10.6. The van der Waals surface area contributed by atoms with Gasteiger partial charge in [-0.05, 0) is 38.1 Å². The predicted octanol–water partition coefficient (Wildman–Crippen LogP) is 2.11. The molecule has 1 aliphatic heterocycles. The van der Waals surface area contributed by atoms with Gasteiger partial charge in [0.2, 0.25) is 11.7 Å². The van der Waals surface area contributed by atoms with E-state index in [9.17, 15) is 10.1 Å². The highest BCUT2D eigenvalue weighted by Crippen LogP contribution is 2.26. The van der Waals surface area contributed by atoms with Gasteiger partial charge >= 0.3 is 0 Å². The third-order valence-corrected chi connectivity index (χ3v) is 3.47. The topological polar surface area (TPSA) is 94.1 Å². The molecule has 1 aromatic heterocycles. The van der Waals surface area contributed by atoms with Crippen LogP contribution in [-0.2, 0) is 0 Å². The second kappa shape index (κ2) is 5.38. The zero-order chi connectivity index (χ0) is 13.9. The van der Waals surface area contributed by atoms with Crippen molar-refractivity contribution in [1.29, 1.82) is 0 Å². The summed E-state index contributed by atoms with van der Waals surface area (Å²) in [6.45, 7) is 1.92. The van der Waals surface area contributed by atoms with Gasteiger partial charge in [-0.2, -0.15) is 4.98 Å². The molecule has 0 bridgehead atoms. The van der Waals surface area contributed by atoms with Crippen molar-refractivity contribution in [3.63, 3.8) is 0 Å². The standard InChI is InChI=1S/C13H14N4O3/c18-17(19)11-3-1-9(2-4-11)12-15-13(20-16-12)10-5-7-14-8-6-10/h1-4,10,14H,5-8H2. The predicted molar refractivity (Wildman–Crippen MR) is 71.2 cm³/mol. The number of rotatable bonds is 3. The van der Waals surface area contributed by atoms with Crippen LogP contribution in [0.15, 0.2) is 28.8 Å². The first-order valence-corrected chi connectivity index (χ1v) is 6.53. The number of nitrogens with one attached hydrogen (secondary N) is 1. The highest BCUT2D eigenvalue weighted by Gasteiger charge is 2.21. The molecule has 0 radical (unpaired) electrons. The van der Waals surface area contributed by atoms with E-state index in [4.69, 9.17) is 4.52 Å². The molecule has 0 unspecified atom stereocenters. The van der Waals surface area contributed by atoms with Crippen molar-refractivity contribution in [2.45, 2.75) is 18.8 Å². The Morgan fingerprint density at radius 3 is 2.60 bits per heavy atom. The third kappa shape index (κ3) is 2.53.